The van der Waals surface area contributed by atoms with Crippen molar-refractivity contribution in [1.82, 2.24) is 0 Å². The van der Waals surface area contributed by atoms with Crippen molar-refractivity contribution in [3.63, 3.8) is 0 Å². The number of hydrogen-bond acceptors (Lipinski definition) is 2. The van der Waals surface area contributed by atoms with Crippen molar-refractivity contribution in [2.75, 3.05) is 0 Å². The zero-order valence-electron chi connectivity index (χ0n) is 5.54. The zero-order valence-corrected chi connectivity index (χ0v) is 5.54. The third kappa shape index (κ3) is 1.58. The average molecular weight is 136 g/mol. The highest BCUT2D eigenvalue weighted by molar-refractivity contribution is 5.82. The van der Waals surface area contributed by atoms with Crippen LogP contribution in [0.25, 0.3) is 0 Å². The predicted molar refractivity (Wildman–Crippen MR) is 38.1 cm³/mol. The summed E-state index contributed by atoms with van der Waals surface area (Å²) in [5.41, 5.74) is 0. The van der Waals surface area contributed by atoms with Gasteiger partial charge in [-0.3, -0.25) is 0 Å². The van der Waals surface area contributed by atoms with Crippen LogP contribution in [0.2, 0.25) is 0 Å². The van der Waals surface area contributed by atoms with Crippen LogP contribution in [0.3, 0.4) is 0 Å². The maximum atomic E-state index is 10.6. The third-order valence-electron chi connectivity index (χ3n) is 1.12. The molecule has 1 rings (SSSR count). The molecule has 0 heterocycles. The molecule has 0 aromatic rings. The van der Waals surface area contributed by atoms with Crippen molar-refractivity contribution in [3.8, 4) is 0 Å². The van der Waals surface area contributed by atoms with E-state index in [9.17, 15) is 4.79 Å². The molecule has 0 aliphatic heterocycles. The van der Waals surface area contributed by atoms with Crippen LogP contribution < -0.4 is 0 Å². The molecule has 0 fully saturated rings. The molecule has 0 aromatic carbocycles. The summed E-state index contributed by atoms with van der Waals surface area (Å²) in [7, 11) is 0. The van der Waals surface area contributed by atoms with Crippen LogP contribution in [0.1, 0.15) is 6.42 Å². The standard InChI is InChI=1S/C8H8O2/c1-2-8(9)10-7-5-3-4-6-7/h2-3,5-6H,1,4H2. The number of carbonyl (C=O) groups excluding carboxylic acids is 1. The van der Waals surface area contributed by atoms with Gasteiger partial charge in [-0.05, 0) is 18.6 Å². The molecule has 0 unspecified atom stereocenters. The van der Waals surface area contributed by atoms with Crippen molar-refractivity contribution in [2.45, 2.75) is 6.42 Å². The Kier molecular flexibility index (Phi) is 2.05. The molecular formula is C8H8O2. The second-order valence-corrected chi connectivity index (χ2v) is 1.87. The number of allylic oxidation sites excluding steroid dienone is 3. The van der Waals surface area contributed by atoms with E-state index in [2.05, 4.69) is 6.58 Å². The minimum Gasteiger partial charge on any atom is -0.424 e. The van der Waals surface area contributed by atoms with E-state index in [0.717, 1.165) is 12.5 Å². The molecule has 0 atom stereocenters. The second kappa shape index (κ2) is 3.01. The van der Waals surface area contributed by atoms with Crippen LogP contribution in [0, 0.1) is 0 Å². The monoisotopic (exact) mass is 136 g/mol. The highest BCUT2D eigenvalue weighted by Crippen LogP contribution is 2.09. The first-order chi connectivity index (χ1) is 4.83. The van der Waals surface area contributed by atoms with Gasteiger partial charge in [-0.2, -0.15) is 0 Å². The fourth-order valence-corrected chi connectivity index (χ4v) is 0.670. The Morgan fingerprint density at radius 2 is 2.60 bits per heavy atom. The van der Waals surface area contributed by atoms with Gasteiger partial charge in [0.25, 0.3) is 0 Å². The van der Waals surface area contributed by atoms with E-state index in [1.807, 2.05) is 12.2 Å². The molecule has 1 aliphatic rings. The minimum atomic E-state index is -0.405. The Bertz CT molecular complexity index is 211. The summed E-state index contributed by atoms with van der Waals surface area (Å²) in [4.78, 5) is 10.6. The summed E-state index contributed by atoms with van der Waals surface area (Å²) in [6, 6.07) is 0. The second-order valence-electron chi connectivity index (χ2n) is 1.87. The summed E-state index contributed by atoms with van der Waals surface area (Å²) in [5.74, 6) is 0.211. The van der Waals surface area contributed by atoms with Crippen molar-refractivity contribution < 1.29 is 9.53 Å². The summed E-state index contributed by atoms with van der Waals surface area (Å²) >= 11 is 0. The van der Waals surface area contributed by atoms with Crippen molar-refractivity contribution in [3.05, 3.63) is 36.6 Å². The van der Waals surface area contributed by atoms with Crippen LogP contribution in [-0.2, 0) is 9.53 Å². The van der Waals surface area contributed by atoms with E-state index >= 15 is 0 Å². The first-order valence-corrected chi connectivity index (χ1v) is 3.04. The number of carbonyl (C=O) groups is 1. The zero-order chi connectivity index (χ0) is 7.40. The fraction of sp³-hybridized carbons (Fsp3) is 0.125. The van der Waals surface area contributed by atoms with Crippen LogP contribution in [-0.4, -0.2) is 5.97 Å². The lowest BCUT2D eigenvalue weighted by atomic mass is 10.5. The van der Waals surface area contributed by atoms with Gasteiger partial charge in [0.2, 0.25) is 0 Å². The predicted octanol–water partition coefficient (Wildman–Crippen LogP) is 1.56. The van der Waals surface area contributed by atoms with E-state index in [-0.39, 0.29) is 0 Å². The average Bonchev–Trinajstić information content (AvgIpc) is 2.40. The van der Waals surface area contributed by atoms with Gasteiger partial charge >= 0.3 is 5.97 Å². The highest BCUT2D eigenvalue weighted by atomic mass is 16.5. The van der Waals surface area contributed by atoms with Crippen LogP contribution in [0.15, 0.2) is 36.6 Å². The van der Waals surface area contributed by atoms with Crippen molar-refractivity contribution in [2.24, 2.45) is 0 Å². The molecule has 0 saturated heterocycles. The van der Waals surface area contributed by atoms with E-state index in [4.69, 9.17) is 4.74 Å². The molecule has 0 saturated carbocycles. The maximum absolute atomic E-state index is 10.6. The molecule has 0 bridgehead atoms. The highest BCUT2D eigenvalue weighted by Gasteiger charge is 2.01. The van der Waals surface area contributed by atoms with E-state index in [0.29, 0.717) is 5.76 Å². The van der Waals surface area contributed by atoms with Crippen LogP contribution in [0.5, 0.6) is 0 Å². The van der Waals surface area contributed by atoms with Crippen molar-refractivity contribution in [1.29, 1.82) is 0 Å². The molecule has 1 aliphatic carbocycles. The lowest BCUT2D eigenvalue weighted by molar-refractivity contribution is -0.133. The van der Waals surface area contributed by atoms with Crippen LogP contribution in [0.4, 0.5) is 0 Å². The van der Waals surface area contributed by atoms with E-state index in [1.54, 1.807) is 6.08 Å². The lowest BCUT2D eigenvalue weighted by Gasteiger charge is -1.96. The van der Waals surface area contributed by atoms with E-state index < -0.39 is 5.97 Å². The molecule has 2 heteroatoms. The Morgan fingerprint density at radius 3 is 3.10 bits per heavy atom. The van der Waals surface area contributed by atoms with Gasteiger partial charge in [0.1, 0.15) is 5.76 Å². The molecule has 2 nitrogen and oxygen atoms in total. The van der Waals surface area contributed by atoms with Gasteiger partial charge in [0.15, 0.2) is 0 Å². The normalized spacial score (nSPS) is 14.6. The van der Waals surface area contributed by atoms with Gasteiger partial charge in [0, 0.05) is 6.08 Å². The Labute approximate surface area is 59.5 Å². The van der Waals surface area contributed by atoms with E-state index in [1.165, 1.54) is 0 Å². The molecule has 0 N–H and O–H groups in total. The topological polar surface area (TPSA) is 26.3 Å². The molecule has 0 amide bonds. The van der Waals surface area contributed by atoms with Crippen molar-refractivity contribution >= 4 is 5.97 Å². The lowest BCUT2D eigenvalue weighted by Crippen LogP contribution is -1.96. The number of rotatable bonds is 2. The third-order valence-corrected chi connectivity index (χ3v) is 1.12. The largest absolute Gasteiger partial charge is 0.424 e. The molecular weight excluding hydrogens is 128 g/mol. The summed E-state index contributed by atoms with van der Waals surface area (Å²) in [6.45, 7) is 3.28. The van der Waals surface area contributed by atoms with Crippen LogP contribution >= 0.6 is 0 Å². The van der Waals surface area contributed by atoms with Gasteiger partial charge in [0.05, 0.1) is 0 Å². The summed E-state index contributed by atoms with van der Waals surface area (Å²) in [6.07, 6.45) is 7.52. The SMILES string of the molecule is C=CC(=O)OC1=CCC=C1. The molecule has 0 radical (unpaired) electrons. The Balaban J connectivity index is 2.45. The molecule has 0 aromatic heterocycles. The Hall–Kier alpha value is -1.31. The first kappa shape index (κ1) is 6.81. The van der Waals surface area contributed by atoms with Gasteiger partial charge in [-0.1, -0.05) is 12.7 Å². The molecule has 52 valence electrons. The number of hydrogen-bond donors (Lipinski definition) is 0. The van der Waals surface area contributed by atoms with Gasteiger partial charge in [-0.25, -0.2) is 4.79 Å². The number of ether oxygens (including phenoxy) is 1. The molecule has 0 spiro atoms. The maximum Gasteiger partial charge on any atom is 0.335 e. The molecule has 10 heavy (non-hydrogen) atoms. The smallest absolute Gasteiger partial charge is 0.335 e. The minimum absolute atomic E-state index is 0.405. The quantitative estimate of drug-likeness (QED) is 0.425. The fourth-order valence-electron chi connectivity index (χ4n) is 0.670. The number of esters is 1. The van der Waals surface area contributed by atoms with Gasteiger partial charge in [-0.15, -0.1) is 0 Å². The van der Waals surface area contributed by atoms with Gasteiger partial charge < -0.3 is 4.74 Å². The summed E-state index contributed by atoms with van der Waals surface area (Å²) < 4.78 is 4.78. The first-order valence-electron chi connectivity index (χ1n) is 3.04. The Morgan fingerprint density at radius 1 is 1.80 bits per heavy atom. The summed E-state index contributed by atoms with van der Waals surface area (Å²) in [5, 5.41) is 0.